The van der Waals surface area contributed by atoms with Gasteiger partial charge in [-0.1, -0.05) is 42.5 Å². The number of amides is 1. The average molecular weight is 361 g/mol. The molecule has 0 spiro atoms. The van der Waals surface area contributed by atoms with E-state index in [-0.39, 0.29) is 11.7 Å². The maximum atomic E-state index is 13.2. The molecule has 0 fully saturated rings. The number of carbonyl (C=O) groups excluding carboxylic acids is 1. The highest BCUT2D eigenvalue weighted by atomic mass is 32.2. The Morgan fingerprint density at radius 3 is 2.12 bits per heavy atom. The molecule has 4 rings (SSSR count). The summed E-state index contributed by atoms with van der Waals surface area (Å²) in [4.78, 5) is 15.9. The lowest BCUT2D eigenvalue weighted by Gasteiger charge is -2.25. The highest BCUT2D eigenvalue weighted by Gasteiger charge is 2.25. The van der Waals surface area contributed by atoms with Crippen molar-refractivity contribution in [2.75, 3.05) is 10.7 Å². The van der Waals surface area contributed by atoms with E-state index < -0.39 is 0 Å². The van der Waals surface area contributed by atoms with E-state index in [1.807, 2.05) is 47.4 Å². The van der Waals surface area contributed by atoms with Gasteiger partial charge >= 0.3 is 0 Å². The van der Waals surface area contributed by atoms with Crippen LogP contribution >= 0.6 is 11.8 Å². The zero-order chi connectivity index (χ0) is 17.9. The lowest BCUT2D eigenvalue weighted by Crippen LogP contribution is -2.28. The molecule has 0 radical (unpaired) electrons. The van der Waals surface area contributed by atoms with Crippen LogP contribution in [0, 0.1) is 0 Å². The molecule has 3 nitrogen and oxygen atoms in total. The fourth-order valence-electron chi connectivity index (χ4n) is 3.33. The summed E-state index contributed by atoms with van der Waals surface area (Å²) in [6, 6.07) is 23.3. The van der Waals surface area contributed by atoms with Crippen molar-refractivity contribution in [2.24, 2.45) is 0 Å². The first kappa shape index (κ1) is 16.7. The van der Waals surface area contributed by atoms with Gasteiger partial charge in [-0.25, -0.2) is 0 Å². The number of rotatable bonds is 3. The van der Waals surface area contributed by atoms with Gasteiger partial charge in [0.15, 0.2) is 0 Å². The van der Waals surface area contributed by atoms with Crippen molar-refractivity contribution in [3.05, 3.63) is 83.9 Å². The smallest absolute Gasteiger partial charge is 0.241 e. The molecule has 0 unspecified atom stereocenters. The fraction of sp³-hybridized carbons (Fsp3) is 0.136. The number of hydrogen-bond donors (Lipinski definition) is 1. The Bertz CT molecular complexity index is 907. The van der Waals surface area contributed by atoms with Crippen molar-refractivity contribution in [2.45, 2.75) is 17.7 Å². The van der Waals surface area contributed by atoms with Crippen molar-refractivity contribution in [3.8, 4) is 5.75 Å². The van der Waals surface area contributed by atoms with E-state index in [0.717, 1.165) is 29.1 Å². The van der Waals surface area contributed by atoms with Crippen LogP contribution in [0.15, 0.2) is 77.7 Å². The van der Waals surface area contributed by atoms with Gasteiger partial charge in [0, 0.05) is 4.90 Å². The number of hydrogen-bond acceptors (Lipinski definition) is 3. The molecule has 0 aromatic heterocycles. The molecule has 3 aromatic carbocycles. The van der Waals surface area contributed by atoms with Gasteiger partial charge in [-0.3, -0.25) is 9.69 Å². The van der Waals surface area contributed by atoms with Crippen molar-refractivity contribution in [3.63, 3.8) is 0 Å². The van der Waals surface area contributed by atoms with Gasteiger partial charge in [0.25, 0.3) is 0 Å². The summed E-state index contributed by atoms with van der Waals surface area (Å²) in [5, 5.41) is 9.62. The summed E-state index contributed by atoms with van der Waals surface area (Å²) in [6.07, 6.45) is 1.85. The molecule has 3 aromatic rings. The maximum absolute atomic E-state index is 13.2. The molecule has 1 amide bonds. The van der Waals surface area contributed by atoms with Crippen LogP contribution < -0.4 is 4.90 Å². The Morgan fingerprint density at radius 1 is 0.885 bits per heavy atom. The normalized spacial score (nSPS) is 12.8. The summed E-state index contributed by atoms with van der Waals surface area (Å²) < 4.78 is 0. The second kappa shape index (κ2) is 7.26. The van der Waals surface area contributed by atoms with E-state index in [9.17, 15) is 9.90 Å². The van der Waals surface area contributed by atoms with Gasteiger partial charge in [-0.05, 0) is 54.3 Å². The number of aromatic hydroxyl groups is 1. The fourth-order valence-corrected chi connectivity index (χ4v) is 4.13. The second-order valence-electron chi connectivity index (χ2n) is 6.27. The molecule has 0 bridgehead atoms. The first-order chi connectivity index (χ1) is 12.7. The molecule has 1 N–H and O–H groups in total. The number of anilines is 2. The molecular weight excluding hydrogens is 342 g/mol. The van der Waals surface area contributed by atoms with E-state index >= 15 is 0 Å². The van der Waals surface area contributed by atoms with Crippen LogP contribution in [-0.2, 0) is 17.6 Å². The minimum Gasteiger partial charge on any atom is -0.508 e. The highest BCUT2D eigenvalue weighted by Crippen LogP contribution is 2.36. The van der Waals surface area contributed by atoms with Crippen molar-refractivity contribution >= 4 is 29.0 Å². The van der Waals surface area contributed by atoms with Crippen LogP contribution in [0.25, 0.3) is 0 Å². The monoisotopic (exact) mass is 361 g/mol. The summed E-state index contributed by atoms with van der Waals surface area (Å²) >= 11 is 1.44. The minimum atomic E-state index is 0.0418. The average Bonchev–Trinajstić information content (AvgIpc) is 2.83. The predicted molar refractivity (Wildman–Crippen MR) is 106 cm³/mol. The number of phenolic OH excluding ortho intramolecular Hbond substituents is 1. The number of nitrogens with zero attached hydrogens (tertiary/aromatic N) is 1. The predicted octanol–water partition coefficient (Wildman–Crippen LogP) is 4.95. The molecule has 130 valence electrons. The summed E-state index contributed by atoms with van der Waals surface area (Å²) in [5.41, 5.74) is 4.33. The maximum Gasteiger partial charge on any atom is 0.241 e. The summed E-state index contributed by atoms with van der Waals surface area (Å²) in [5.74, 6) is 0.569. The third-order valence-electron chi connectivity index (χ3n) is 4.56. The number of benzene rings is 3. The molecule has 1 aliphatic heterocycles. The van der Waals surface area contributed by atoms with E-state index in [0.29, 0.717) is 5.75 Å². The van der Waals surface area contributed by atoms with Crippen molar-refractivity contribution in [1.82, 2.24) is 0 Å². The Hall–Kier alpha value is -2.72. The Labute approximate surface area is 157 Å². The van der Waals surface area contributed by atoms with E-state index in [4.69, 9.17) is 0 Å². The highest BCUT2D eigenvalue weighted by molar-refractivity contribution is 8.00. The van der Waals surface area contributed by atoms with Gasteiger partial charge < -0.3 is 5.11 Å². The quantitative estimate of drug-likeness (QED) is 0.671. The Kier molecular flexibility index (Phi) is 4.67. The van der Waals surface area contributed by atoms with Gasteiger partial charge in [-0.2, -0.15) is 0 Å². The van der Waals surface area contributed by atoms with E-state index in [1.165, 1.54) is 22.9 Å². The van der Waals surface area contributed by atoms with Crippen LogP contribution in [0.4, 0.5) is 11.4 Å². The number of para-hydroxylation sites is 2. The Morgan fingerprint density at radius 2 is 1.50 bits per heavy atom. The van der Waals surface area contributed by atoms with Crippen LogP contribution in [0.1, 0.15) is 11.1 Å². The molecule has 1 aliphatic rings. The first-order valence-electron chi connectivity index (χ1n) is 8.63. The molecule has 4 heteroatoms. The molecule has 0 saturated heterocycles. The molecule has 26 heavy (non-hydrogen) atoms. The zero-order valence-electron chi connectivity index (χ0n) is 14.3. The number of fused-ring (bicyclic) bond motifs is 2. The molecular formula is C22H19NO2S. The van der Waals surface area contributed by atoms with E-state index in [1.54, 1.807) is 18.2 Å². The molecule has 1 heterocycles. The number of phenols is 1. The summed E-state index contributed by atoms with van der Waals surface area (Å²) in [7, 11) is 0. The second-order valence-corrected chi connectivity index (χ2v) is 7.32. The van der Waals surface area contributed by atoms with Crippen LogP contribution in [0.3, 0.4) is 0 Å². The molecule has 0 aliphatic carbocycles. The van der Waals surface area contributed by atoms with Gasteiger partial charge in [-0.15, -0.1) is 11.8 Å². The number of thioether (sulfide) groups is 1. The minimum absolute atomic E-state index is 0.0418. The number of carbonyl (C=O) groups is 1. The van der Waals surface area contributed by atoms with Gasteiger partial charge in [0.2, 0.25) is 5.91 Å². The SMILES string of the molecule is O=C(CSc1cccc(O)c1)N1c2ccccc2CCc2ccccc21. The van der Waals surface area contributed by atoms with Gasteiger partial charge in [0.05, 0.1) is 17.1 Å². The third kappa shape index (κ3) is 3.33. The Balaban J connectivity index is 1.67. The topological polar surface area (TPSA) is 40.5 Å². The molecule has 0 atom stereocenters. The van der Waals surface area contributed by atoms with Crippen molar-refractivity contribution < 1.29 is 9.90 Å². The van der Waals surface area contributed by atoms with Crippen LogP contribution in [-0.4, -0.2) is 16.8 Å². The lowest BCUT2D eigenvalue weighted by atomic mass is 10.0. The standard InChI is InChI=1S/C22H19NO2S/c24-18-8-5-9-19(14-18)26-15-22(25)23-20-10-3-1-6-16(20)12-13-17-7-2-4-11-21(17)23/h1-11,14,24H,12-13,15H2. The summed E-state index contributed by atoms with van der Waals surface area (Å²) in [6.45, 7) is 0. The van der Waals surface area contributed by atoms with Gasteiger partial charge in [0.1, 0.15) is 5.75 Å². The lowest BCUT2D eigenvalue weighted by molar-refractivity contribution is -0.115. The third-order valence-corrected chi connectivity index (χ3v) is 5.54. The first-order valence-corrected chi connectivity index (χ1v) is 9.61. The van der Waals surface area contributed by atoms with Crippen molar-refractivity contribution in [1.29, 1.82) is 0 Å². The van der Waals surface area contributed by atoms with Crippen LogP contribution in [0.2, 0.25) is 0 Å². The largest absolute Gasteiger partial charge is 0.508 e. The molecule has 0 saturated carbocycles. The zero-order valence-corrected chi connectivity index (χ0v) is 15.1. The van der Waals surface area contributed by atoms with Crippen LogP contribution in [0.5, 0.6) is 5.75 Å². The number of aryl methyl sites for hydroxylation is 2. The van der Waals surface area contributed by atoms with E-state index in [2.05, 4.69) is 12.1 Å².